The van der Waals surface area contributed by atoms with Gasteiger partial charge in [-0.3, -0.25) is 13.2 Å². The number of nitrogens with two attached hydrogens (primary N) is 4. The number of imidazole rings is 1. The van der Waals surface area contributed by atoms with E-state index in [1.807, 2.05) is 122 Å². The van der Waals surface area contributed by atoms with E-state index >= 15 is 0 Å². The number of pyridine rings is 4. The summed E-state index contributed by atoms with van der Waals surface area (Å²) in [6.07, 6.45) is 19.1. The number of aromatic nitrogens is 11. The first kappa shape index (κ1) is 70.3. The maximum absolute atomic E-state index is 6.46. The van der Waals surface area contributed by atoms with E-state index < -0.39 is 0 Å². The average molecular weight is 1460 g/mol. The number of fused-ring (bicyclic) bond motifs is 4. The van der Waals surface area contributed by atoms with Crippen molar-refractivity contribution >= 4 is 138 Å². The molecule has 0 radical (unpaired) electrons. The topological polar surface area (TPSA) is 260 Å². The Morgan fingerprint density at radius 3 is 1.18 bits per heavy atom. The first-order chi connectivity index (χ1) is 47.0. The van der Waals surface area contributed by atoms with Crippen molar-refractivity contribution in [2.45, 2.75) is 66.3 Å². The number of hydrogen-bond acceptors (Lipinski definition) is 15. The van der Waals surface area contributed by atoms with Crippen molar-refractivity contribution in [3.05, 3.63) is 227 Å². The van der Waals surface area contributed by atoms with Crippen LogP contribution in [0.3, 0.4) is 0 Å². The Hall–Kier alpha value is -7.99. The van der Waals surface area contributed by atoms with Gasteiger partial charge in [-0.15, -0.1) is 30.6 Å². The lowest BCUT2D eigenvalue weighted by atomic mass is 10.00. The van der Waals surface area contributed by atoms with Crippen LogP contribution in [0, 0.1) is 11.8 Å². The standard InChI is InChI=1S/C20H17Cl2N5.C17H17Cl2N5.C17H19Cl2N5.C16H16Cl2N4/c21-14-6-7-15(18(22)8-14)17-11-27-12-25-26-20(27)19(16(17)9-23)24-10-13-4-2-1-3-5-13;18-11-3-4-12(15(19)5-11)14-8-24-9-22-23-17(24)16(13(14)6-20)21-7-10-1-2-10;1-10(2)7-21-16-13(6-20)14(8-24-9-22-23-17(16)24)12-4-3-11(18)5-15(12)19;1-2-20-15-12(8-19)13(9-22-6-5-21-16(15)22)11-4-3-10(17)7-14(11)18/h1-8,11-12,24H,9-10,23H2;3-5,8-10,21H,1-2,6-7,20H2;3-5,8-10,21H,6-7,20H2,1-2H3;3-7,9,20H,2,8,19H2,1H3. The zero-order chi connectivity index (χ0) is 68.4. The van der Waals surface area contributed by atoms with Gasteiger partial charge in [-0.25, -0.2) is 4.98 Å². The third-order valence-electron chi connectivity index (χ3n) is 16.2. The molecule has 0 spiro atoms. The molecule has 14 rings (SSSR count). The van der Waals surface area contributed by atoms with Crippen LogP contribution < -0.4 is 44.2 Å². The first-order valence-electron chi connectivity index (χ1n) is 31.2. The fourth-order valence-corrected chi connectivity index (χ4v) is 13.3. The van der Waals surface area contributed by atoms with Gasteiger partial charge in [0.05, 0.1) is 22.7 Å². The highest BCUT2D eigenvalue weighted by molar-refractivity contribution is 6.38. The van der Waals surface area contributed by atoms with Crippen LogP contribution in [-0.4, -0.2) is 72.8 Å². The minimum atomic E-state index is 0.328. The van der Waals surface area contributed by atoms with Gasteiger partial charge < -0.3 is 48.6 Å². The van der Waals surface area contributed by atoms with Crippen LogP contribution in [0.2, 0.25) is 40.2 Å². The number of benzene rings is 5. The minimum absolute atomic E-state index is 0.328. The quantitative estimate of drug-likeness (QED) is 0.0374. The number of anilines is 4. The first-order valence-corrected chi connectivity index (χ1v) is 34.2. The van der Waals surface area contributed by atoms with E-state index in [0.29, 0.717) is 78.8 Å². The van der Waals surface area contributed by atoms with Crippen molar-refractivity contribution in [3.8, 4) is 44.5 Å². The second kappa shape index (κ2) is 32.1. The van der Waals surface area contributed by atoms with Crippen molar-refractivity contribution in [1.29, 1.82) is 0 Å². The van der Waals surface area contributed by atoms with Crippen LogP contribution in [0.1, 0.15) is 61.4 Å². The van der Waals surface area contributed by atoms with E-state index in [-0.39, 0.29) is 0 Å². The Kier molecular flexibility index (Phi) is 23.3. The summed E-state index contributed by atoms with van der Waals surface area (Å²) in [4.78, 5) is 4.41. The van der Waals surface area contributed by atoms with Gasteiger partial charge in [0.25, 0.3) is 0 Å². The van der Waals surface area contributed by atoms with Crippen molar-refractivity contribution in [1.82, 2.24) is 53.2 Å². The number of nitrogens with one attached hydrogen (secondary N) is 4. The zero-order valence-corrected chi connectivity index (χ0v) is 59.0. The molecule has 0 saturated heterocycles. The summed E-state index contributed by atoms with van der Waals surface area (Å²) in [7, 11) is 0. The molecule has 97 heavy (non-hydrogen) atoms. The van der Waals surface area contributed by atoms with E-state index in [4.69, 9.17) is 116 Å². The van der Waals surface area contributed by atoms with Crippen LogP contribution >= 0.6 is 92.8 Å². The summed E-state index contributed by atoms with van der Waals surface area (Å²) < 4.78 is 7.61. The fraction of sp³-hybridized carbons (Fsp3) is 0.214. The van der Waals surface area contributed by atoms with Crippen molar-refractivity contribution < 1.29 is 0 Å². The summed E-state index contributed by atoms with van der Waals surface area (Å²) in [5.74, 6) is 1.22. The highest BCUT2D eigenvalue weighted by atomic mass is 35.5. The fourth-order valence-electron chi connectivity index (χ4n) is 11.3. The third-order valence-corrected chi connectivity index (χ3v) is 18.4. The molecule has 19 nitrogen and oxygen atoms in total. The predicted molar refractivity (Wildman–Crippen MR) is 400 cm³/mol. The highest BCUT2D eigenvalue weighted by Gasteiger charge is 2.25. The Morgan fingerprint density at radius 2 is 0.814 bits per heavy atom. The SMILES string of the molecule is CC(C)CNc1c(CN)c(-c2ccc(Cl)cc2Cl)cn2cnnc12.CCNc1c(CN)c(-c2ccc(Cl)cc2Cl)cn2ccnc12.NCc1c(-c2ccc(Cl)cc2Cl)cn2cnnc2c1NCC1CC1.NCc1c(-c2ccc(Cl)cc2Cl)cn2cnnc2c1NCc1ccccc1. The molecule has 13 aromatic rings. The largest absolute Gasteiger partial charge is 0.382 e. The van der Waals surface area contributed by atoms with Crippen LogP contribution in [0.4, 0.5) is 22.7 Å². The second-order valence-corrected chi connectivity index (χ2v) is 26.6. The molecule has 8 heterocycles. The maximum Gasteiger partial charge on any atom is 0.184 e. The van der Waals surface area contributed by atoms with Gasteiger partial charge in [-0.2, -0.15) is 0 Å². The molecule has 0 aliphatic heterocycles. The molecule has 1 aliphatic rings. The van der Waals surface area contributed by atoms with Gasteiger partial charge in [-0.05, 0) is 85.7 Å². The highest BCUT2D eigenvalue weighted by Crippen LogP contribution is 2.42. The average Bonchev–Trinajstić information content (AvgIpc) is 1.78. The number of hydrogen-bond donors (Lipinski definition) is 8. The molecule has 12 N–H and O–H groups in total. The van der Waals surface area contributed by atoms with E-state index in [0.717, 1.165) is 143 Å². The molecule has 27 heteroatoms. The van der Waals surface area contributed by atoms with Crippen LogP contribution in [-0.2, 0) is 32.7 Å². The molecule has 0 amide bonds. The number of nitrogens with zero attached hydrogens (tertiary/aromatic N) is 11. The second-order valence-electron chi connectivity index (χ2n) is 23.2. The molecule has 1 aliphatic carbocycles. The van der Waals surface area contributed by atoms with E-state index in [2.05, 4.69) is 82.8 Å². The zero-order valence-electron chi connectivity index (χ0n) is 53.0. The molecule has 1 fully saturated rings. The summed E-state index contributed by atoms with van der Waals surface area (Å²) in [5.41, 5.74) is 43.4. The summed E-state index contributed by atoms with van der Waals surface area (Å²) in [6.45, 7) is 11.0. The summed E-state index contributed by atoms with van der Waals surface area (Å²) in [5, 5.41) is 43.4. The molecular formula is C70H69Cl8N19. The van der Waals surface area contributed by atoms with Crippen molar-refractivity contribution in [2.75, 3.05) is 40.9 Å². The molecule has 500 valence electrons. The third kappa shape index (κ3) is 16.1. The van der Waals surface area contributed by atoms with Gasteiger partial charge in [0.2, 0.25) is 0 Å². The maximum atomic E-state index is 6.46. The molecule has 0 atom stereocenters. The van der Waals surface area contributed by atoms with Crippen LogP contribution in [0.25, 0.3) is 67.1 Å². The van der Waals surface area contributed by atoms with Crippen molar-refractivity contribution in [3.63, 3.8) is 0 Å². The number of halogens is 8. The molecule has 0 bridgehead atoms. The Balaban J connectivity index is 0.000000131. The minimum Gasteiger partial charge on any atom is -0.382 e. The Morgan fingerprint density at radius 1 is 0.443 bits per heavy atom. The summed E-state index contributed by atoms with van der Waals surface area (Å²) >= 11 is 49.8. The Bertz CT molecular complexity index is 4770. The van der Waals surface area contributed by atoms with E-state index in [1.165, 1.54) is 12.8 Å². The molecule has 5 aromatic carbocycles. The van der Waals surface area contributed by atoms with Crippen molar-refractivity contribution in [2.24, 2.45) is 34.8 Å². The van der Waals surface area contributed by atoms with Gasteiger partial charge in [0.1, 0.15) is 19.0 Å². The molecular weight excluding hydrogens is 1390 g/mol. The smallest absolute Gasteiger partial charge is 0.184 e. The van der Waals surface area contributed by atoms with Gasteiger partial charge in [0.15, 0.2) is 22.6 Å². The van der Waals surface area contributed by atoms with Gasteiger partial charge >= 0.3 is 0 Å². The Labute approximate surface area is 600 Å². The lowest BCUT2D eigenvalue weighted by Crippen LogP contribution is -2.14. The lowest BCUT2D eigenvalue weighted by Gasteiger charge is -2.18. The van der Waals surface area contributed by atoms with Crippen LogP contribution in [0.5, 0.6) is 0 Å². The molecule has 8 aromatic heterocycles. The van der Waals surface area contributed by atoms with E-state index in [9.17, 15) is 0 Å². The van der Waals surface area contributed by atoms with E-state index in [1.54, 1.807) is 49.4 Å². The van der Waals surface area contributed by atoms with Gasteiger partial charge in [0, 0.05) is 196 Å². The normalized spacial score (nSPS) is 12.0. The summed E-state index contributed by atoms with van der Waals surface area (Å²) in [6, 6.07) is 32.0. The lowest BCUT2D eigenvalue weighted by molar-refractivity contribution is 0.688. The number of rotatable bonds is 19. The van der Waals surface area contributed by atoms with Gasteiger partial charge in [-0.1, -0.05) is 161 Å². The predicted octanol–water partition coefficient (Wildman–Crippen LogP) is 17.2. The molecule has 1 saturated carbocycles. The van der Waals surface area contributed by atoms with Crippen LogP contribution in [0.15, 0.2) is 159 Å². The molecule has 0 unspecified atom stereocenters. The monoisotopic (exact) mass is 1460 g/mol.